The summed E-state index contributed by atoms with van der Waals surface area (Å²) >= 11 is 1.62. The molecule has 0 aromatic heterocycles. The molecule has 6 heteroatoms. The molecule has 32 heavy (non-hydrogen) atoms. The van der Waals surface area contributed by atoms with Gasteiger partial charge in [-0.2, -0.15) is 0 Å². The van der Waals surface area contributed by atoms with E-state index in [9.17, 15) is 9.59 Å². The van der Waals surface area contributed by atoms with Gasteiger partial charge in [-0.3, -0.25) is 14.5 Å². The predicted octanol–water partition coefficient (Wildman–Crippen LogP) is 5.27. The molecule has 1 aliphatic rings. The first-order chi connectivity index (χ1) is 15.4. The molecule has 1 N–H and O–H groups in total. The molecule has 0 bridgehead atoms. The fourth-order valence-electron chi connectivity index (χ4n) is 3.90. The molecule has 0 spiro atoms. The van der Waals surface area contributed by atoms with Crippen LogP contribution >= 0.6 is 11.8 Å². The third-order valence-corrected chi connectivity index (χ3v) is 6.57. The molecule has 3 aromatic rings. The Morgan fingerprint density at radius 3 is 2.31 bits per heavy atom. The van der Waals surface area contributed by atoms with Crippen molar-refractivity contribution in [2.24, 2.45) is 0 Å². The number of amides is 2. The Morgan fingerprint density at radius 1 is 1.03 bits per heavy atom. The van der Waals surface area contributed by atoms with Crippen LogP contribution in [0.4, 0.5) is 11.4 Å². The second kappa shape index (κ2) is 9.49. The Bertz CT molecular complexity index is 1110. The normalized spacial score (nSPS) is 15.7. The summed E-state index contributed by atoms with van der Waals surface area (Å²) in [6, 6.07) is 21.4. The Labute approximate surface area is 192 Å². The number of hydrogen-bond acceptors (Lipinski definition) is 4. The van der Waals surface area contributed by atoms with Gasteiger partial charge in [0.15, 0.2) is 0 Å². The zero-order valence-corrected chi connectivity index (χ0v) is 19.2. The molecule has 4 rings (SSSR count). The molecular weight excluding hydrogens is 420 g/mol. The first kappa shape index (κ1) is 22.0. The zero-order chi connectivity index (χ0) is 22.7. The number of benzene rings is 3. The highest BCUT2D eigenvalue weighted by molar-refractivity contribution is 8.00. The van der Waals surface area contributed by atoms with Gasteiger partial charge < -0.3 is 10.1 Å². The summed E-state index contributed by atoms with van der Waals surface area (Å²) in [4.78, 5) is 26.9. The largest absolute Gasteiger partial charge is 0.497 e. The van der Waals surface area contributed by atoms with Gasteiger partial charge in [-0.15, -0.1) is 11.8 Å². The predicted molar refractivity (Wildman–Crippen MR) is 130 cm³/mol. The van der Waals surface area contributed by atoms with Crippen molar-refractivity contribution < 1.29 is 14.3 Å². The fraction of sp³-hybridized carbons (Fsp3) is 0.231. The lowest BCUT2D eigenvalue weighted by Gasteiger charge is -2.25. The minimum atomic E-state index is -0.0785. The molecule has 1 heterocycles. The van der Waals surface area contributed by atoms with Crippen molar-refractivity contribution in [2.75, 3.05) is 23.1 Å². The number of aryl methyl sites for hydroxylation is 2. The molecule has 1 atom stereocenters. The molecule has 2 amide bonds. The number of nitrogens with one attached hydrogen (secondary N) is 1. The minimum absolute atomic E-state index is 0.0762. The van der Waals surface area contributed by atoms with Gasteiger partial charge in [-0.05, 0) is 72.5 Å². The van der Waals surface area contributed by atoms with Crippen LogP contribution in [0.15, 0.2) is 66.7 Å². The van der Waals surface area contributed by atoms with E-state index in [0.29, 0.717) is 12.2 Å². The summed E-state index contributed by atoms with van der Waals surface area (Å²) in [6.45, 7) is 4.09. The second-order valence-electron chi connectivity index (χ2n) is 7.97. The van der Waals surface area contributed by atoms with Gasteiger partial charge in [0, 0.05) is 11.4 Å². The number of ether oxygens (including phenoxy) is 1. The smallest absolute Gasteiger partial charge is 0.238 e. The Balaban J connectivity index is 1.45. The van der Waals surface area contributed by atoms with Crippen molar-refractivity contribution in [1.29, 1.82) is 0 Å². The number of carbonyl (C=O) groups is 2. The van der Waals surface area contributed by atoms with Gasteiger partial charge in [0.1, 0.15) is 11.1 Å². The molecule has 1 saturated heterocycles. The molecule has 0 unspecified atom stereocenters. The lowest BCUT2D eigenvalue weighted by Crippen LogP contribution is -2.28. The number of thioether (sulfide) groups is 1. The van der Waals surface area contributed by atoms with Crippen LogP contribution in [0.1, 0.15) is 27.6 Å². The number of anilines is 2. The Morgan fingerprint density at radius 2 is 1.69 bits per heavy atom. The maximum atomic E-state index is 12.6. The van der Waals surface area contributed by atoms with Gasteiger partial charge in [-0.25, -0.2) is 0 Å². The van der Waals surface area contributed by atoms with Crippen LogP contribution in [0.5, 0.6) is 5.75 Å². The standard InChI is InChI=1S/C26H26N2O3S/c1-17-12-18(2)14-22(13-17)28-25(30)16-32-26(28)20-6-8-21(9-7-20)27-24(29)15-19-4-10-23(31-3)11-5-19/h4-14,26H,15-16H2,1-3H3,(H,27,29)/t26-/m0/s1. The summed E-state index contributed by atoms with van der Waals surface area (Å²) in [6.07, 6.45) is 0.291. The third-order valence-electron chi connectivity index (χ3n) is 5.36. The molecule has 0 aliphatic carbocycles. The average molecular weight is 447 g/mol. The molecule has 164 valence electrons. The lowest BCUT2D eigenvalue weighted by molar-refractivity contribution is -0.116. The maximum Gasteiger partial charge on any atom is 0.238 e. The molecule has 1 aliphatic heterocycles. The monoisotopic (exact) mass is 446 g/mol. The van der Waals surface area contributed by atoms with Crippen LogP contribution < -0.4 is 15.0 Å². The van der Waals surface area contributed by atoms with Gasteiger partial charge in [0.2, 0.25) is 11.8 Å². The maximum absolute atomic E-state index is 12.6. The summed E-state index contributed by atoms with van der Waals surface area (Å²) in [7, 11) is 1.62. The van der Waals surface area contributed by atoms with Crippen molar-refractivity contribution in [1.82, 2.24) is 0 Å². The van der Waals surface area contributed by atoms with E-state index in [1.807, 2.05) is 67.3 Å². The second-order valence-corrected chi connectivity index (χ2v) is 9.04. The molecular formula is C26H26N2O3S. The van der Waals surface area contributed by atoms with Crippen LogP contribution in [0.3, 0.4) is 0 Å². The van der Waals surface area contributed by atoms with E-state index in [1.54, 1.807) is 18.9 Å². The average Bonchev–Trinajstić information content (AvgIpc) is 3.15. The van der Waals surface area contributed by atoms with Crippen LogP contribution in [0, 0.1) is 13.8 Å². The first-order valence-electron chi connectivity index (χ1n) is 10.5. The van der Waals surface area contributed by atoms with E-state index in [2.05, 4.69) is 23.5 Å². The fourth-order valence-corrected chi connectivity index (χ4v) is 5.08. The quantitative estimate of drug-likeness (QED) is 0.560. The van der Waals surface area contributed by atoms with E-state index >= 15 is 0 Å². The molecule has 3 aromatic carbocycles. The summed E-state index contributed by atoms with van der Waals surface area (Å²) in [5.74, 6) is 1.26. The highest BCUT2D eigenvalue weighted by atomic mass is 32.2. The highest BCUT2D eigenvalue weighted by Gasteiger charge is 2.34. The summed E-state index contributed by atoms with van der Waals surface area (Å²) in [5.41, 5.74) is 5.90. The number of carbonyl (C=O) groups excluding carboxylic acids is 2. The van der Waals surface area contributed by atoms with Crippen LogP contribution in [0.2, 0.25) is 0 Å². The van der Waals surface area contributed by atoms with Crippen molar-refractivity contribution in [3.8, 4) is 5.75 Å². The summed E-state index contributed by atoms with van der Waals surface area (Å²) in [5, 5.41) is 2.87. The molecule has 1 fully saturated rings. The number of nitrogens with zero attached hydrogens (tertiary/aromatic N) is 1. The van der Waals surface area contributed by atoms with Crippen molar-refractivity contribution >= 4 is 35.0 Å². The Hall–Kier alpha value is -3.25. The van der Waals surface area contributed by atoms with Gasteiger partial charge in [0.05, 0.1) is 19.3 Å². The van der Waals surface area contributed by atoms with Crippen LogP contribution in [-0.4, -0.2) is 24.7 Å². The van der Waals surface area contributed by atoms with Crippen molar-refractivity contribution in [2.45, 2.75) is 25.6 Å². The van der Waals surface area contributed by atoms with E-state index in [0.717, 1.165) is 39.4 Å². The van der Waals surface area contributed by atoms with Gasteiger partial charge in [-0.1, -0.05) is 30.3 Å². The minimum Gasteiger partial charge on any atom is -0.497 e. The van der Waals surface area contributed by atoms with Crippen LogP contribution in [0.25, 0.3) is 0 Å². The van der Waals surface area contributed by atoms with E-state index in [4.69, 9.17) is 4.74 Å². The number of methoxy groups -OCH3 is 1. The molecule has 0 saturated carbocycles. The molecule has 5 nitrogen and oxygen atoms in total. The van der Waals surface area contributed by atoms with E-state index in [1.165, 1.54) is 0 Å². The zero-order valence-electron chi connectivity index (χ0n) is 18.4. The Kier molecular flexibility index (Phi) is 6.51. The summed E-state index contributed by atoms with van der Waals surface area (Å²) < 4.78 is 5.15. The number of rotatable bonds is 6. The lowest BCUT2D eigenvalue weighted by atomic mass is 10.1. The van der Waals surface area contributed by atoms with Crippen LogP contribution in [-0.2, 0) is 16.0 Å². The van der Waals surface area contributed by atoms with Gasteiger partial charge >= 0.3 is 0 Å². The molecule has 0 radical (unpaired) electrons. The topological polar surface area (TPSA) is 58.6 Å². The highest BCUT2D eigenvalue weighted by Crippen LogP contribution is 2.42. The number of hydrogen-bond donors (Lipinski definition) is 1. The van der Waals surface area contributed by atoms with Crippen molar-refractivity contribution in [3.63, 3.8) is 0 Å². The first-order valence-corrected chi connectivity index (χ1v) is 11.5. The van der Waals surface area contributed by atoms with Crippen molar-refractivity contribution in [3.05, 3.63) is 89.0 Å². The van der Waals surface area contributed by atoms with E-state index in [-0.39, 0.29) is 17.2 Å². The van der Waals surface area contributed by atoms with Gasteiger partial charge in [0.25, 0.3) is 0 Å². The van der Waals surface area contributed by atoms with E-state index < -0.39 is 0 Å². The SMILES string of the molecule is COc1ccc(CC(=O)Nc2ccc([C@@H]3SCC(=O)N3c3cc(C)cc(C)c3)cc2)cc1. The third kappa shape index (κ3) is 4.97.